The minimum absolute atomic E-state index is 0.0450. The highest BCUT2D eigenvalue weighted by molar-refractivity contribution is 5.79. The standard InChI is InChI=1S/C19H28N2O3/c1-2-23-14-12-20-8-10-21(11-9-20)19(22)17-7-13-24-18-6-4-3-5-16(18)15-17/h3-6,17H,2,7-15H2,1H3/t17-/m0/s1. The van der Waals surface area contributed by atoms with Gasteiger partial charge in [-0.05, 0) is 31.4 Å². The van der Waals surface area contributed by atoms with E-state index in [2.05, 4.69) is 11.0 Å². The SMILES string of the molecule is CCOCCN1CCN(C(=O)[C@H]2CCOc3ccccc3C2)CC1. The summed E-state index contributed by atoms with van der Waals surface area (Å²) in [5, 5.41) is 0. The topological polar surface area (TPSA) is 42.0 Å². The van der Waals surface area contributed by atoms with E-state index in [4.69, 9.17) is 9.47 Å². The number of ether oxygens (including phenoxy) is 2. The Morgan fingerprint density at radius 1 is 1.25 bits per heavy atom. The van der Waals surface area contributed by atoms with Crippen LogP contribution in [0, 0.1) is 5.92 Å². The fraction of sp³-hybridized carbons (Fsp3) is 0.632. The molecule has 0 radical (unpaired) electrons. The molecule has 5 nitrogen and oxygen atoms in total. The number of carbonyl (C=O) groups is 1. The normalized spacial score (nSPS) is 21.7. The second-order valence-corrected chi connectivity index (χ2v) is 6.51. The van der Waals surface area contributed by atoms with Crippen molar-refractivity contribution in [3.63, 3.8) is 0 Å². The zero-order valence-electron chi connectivity index (χ0n) is 14.6. The zero-order chi connectivity index (χ0) is 16.8. The minimum atomic E-state index is 0.0450. The number of piperazine rings is 1. The second-order valence-electron chi connectivity index (χ2n) is 6.51. The molecular weight excluding hydrogens is 304 g/mol. The molecule has 0 unspecified atom stereocenters. The van der Waals surface area contributed by atoms with Crippen LogP contribution >= 0.6 is 0 Å². The van der Waals surface area contributed by atoms with Gasteiger partial charge in [-0.25, -0.2) is 0 Å². The second kappa shape index (κ2) is 8.49. The molecule has 3 rings (SSSR count). The van der Waals surface area contributed by atoms with Crippen molar-refractivity contribution in [2.75, 3.05) is 52.5 Å². The molecular formula is C19H28N2O3. The van der Waals surface area contributed by atoms with Crippen LogP contribution in [0.4, 0.5) is 0 Å². The van der Waals surface area contributed by atoms with Gasteiger partial charge in [-0.15, -0.1) is 0 Å². The number of benzene rings is 1. The van der Waals surface area contributed by atoms with Gasteiger partial charge in [-0.2, -0.15) is 0 Å². The van der Waals surface area contributed by atoms with Crippen molar-refractivity contribution in [3.05, 3.63) is 29.8 Å². The number of carbonyl (C=O) groups excluding carboxylic acids is 1. The quantitative estimate of drug-likeness (QED) is 0.771. The Hall–Kier alpha value is -1.59. The molecule has 1 aromatic carbocycles. The average molecular weight is 332 g/mol. The van der Waals surface area contributed by atoms with E-state index in [1.165, 1.54) is 0 Å². The monoisotopic (exact) mass is 332 g/mol. The third-order valence-corrected chi connectivity index (χ3v) is 4.95. The summed E-state index contributed by atoms with van der Waals surface area (Å²) in [6.07, 6.45) is 1.59. The van der Waals surface area contributed by atoms with Crippen LogP contribution in [-0.2, 0) is 16.0 Å². The lowest BCUT2D eigenvalue weighted by Gasteiger charge is -2.36. The Bertz CT molecular complexity index is 541. The molecule has 2 aliphatic heterocycles. The molecule has 1 amide bonds. The van der Waals surface area contributed by atoms with Gasteiger partial charge in [-0.1, -0.05) is 18.2 Å². The van der Waals surface area contributed by atoms with E-state index in [0.29, 0.717) is 12.5 Å². The summed E-state index contributed by atoms with van der Waals surface area (Å²) in [5.74, 6) is 1.27. The Balaban J connectivity index is 1.52. The van der Waals surface area contributed by atoms with Crippen LogP contribution in [0.2, 0.25) is 0 Å². The van der Waals surface area contributed by atoms with Gasteiger partial charge in [-0.3, -0.25) is 9.69 Å². The number of nitrogens with zero attached hydrogens (tertiary/aromatic N) is 2. The van der Waals surface area contributed by atoms with Crippen LogP contribution in [0.25, 0.3) is 0 Å². The number of para-hydroxylation sites is 1. The van der Waals surface area contributed by atoms with Crippen LogP contribution in [0.15, 0.2) is 24.3 Å². The van der Waals surface area contributed by atoms with Crippen LogP contribution in [0.5, 0.6) is 5.75 Å². The first-order valence-corrected chi connectivity index (χ1v) is 9.07. The molecule has 2 heterocycles. The van der Waals surface area contributed by atoms with E-state index in [9.17, 15) is 4.79 Å². The number of rotatable bonds is 5. The maximum Gasteiger partial charge on any atom is 0.226 e. The highest BCUT2D eigenvalue weighted by Crippen LogP contribution is 2.27. The molecule has 1 atom stereocenters. The van der Waals surface area contributed by atoms with Gasteiger partial charge < -0.3 is 14.4 Å². The maximum atomic E-state index is 12.9. The van der Waals surface area contributed by atoms with Gasteiger partial charge in [0.2, 0.25) is 5.91 Å². The first-order chi connectivity index (χ1) is 11.8. The third-order valence-electron chi connectivity index (χ3n) is 4.95. The molecule has 0 spiro atoms. The fourth-order valence-electron chi connectivity index (χ4n) is 3.49. The lowest BCUT2D eigenvalue weighted by Crippen LogP contribution is -2.51. The summed E-state index contributed by atoms with van der Waals surface area (Å²) in [6.45, 7) is 8.68. The molecule has 0 aromatic heterocycles. The largest absolute Gasteiger partial charge is 0.493 e. The number of hydrogen-bond acceptors (Lipinski definition) is 4. The highest BCUT2D eigenvalue weighted by atomic mass is 16.5. The molecule has 1 fully saturated rings. The van der Waals surface area contributed by atoms with Gasteiger partial charge in [0.25, 0.3) is 0 Å². The van der Waals surface area contributed by atoms with Crippen molar-refractivity contribution >= 4 is 5.91 Å². The predicted molar refractivity (Wildman–Crippen MR) is 93.3 cm³/mol. The lowest BCUT2D eigenvalue weighted by molar-refractivity contribution is -0.137. The van der Waals surface area contributed by atoms with E-state index in [1.54, 1.807) is 0 Å². The summed E-state index contributed by atoms with van der Waals surface area (Å²) < 4.78 is 11.2. The smallest absolute Gasteiger partial charge is 0.226 e. The fourth-order valence-corrected chi connectivity index (χ4v) is 3.49. The van der Waals surface area contributed by atoms with Crippen LogP contribution in [0.3, 0.4) is 0 Å². The summed E-state index contributed by atoms with van der Waals surface area (Å²) in [5.41, 5.74) is 1.16. The number of fused-ring (bicyclic) bond motifs is 1. The Labute approximate surface area is 144 Å². The summed E-state index contributed by atoms with van der Waals surface area (Å²) in [4.78, 5) is 17.3. The van der Waals surface area contributed by atoms with Crippen molar-refractivity contribution < 1.29 is 14.3 Å². The number of hydrogen-bond donors (Lipinski definition) is 0. The summed E-state index contributed by atoms with van der Waals surface area (Å²) in [7, 11) is 0. The third kappa shape index (κ3) is 4.28. The van der Waals surface area contributed by atoms with Crippen molar-refractivity contribution in [2.24, 2.45) is 5.92 Å². The Kier molecular flexibility index (Phi) is 6.10. The molecule has 0 bridgehead atoms. The molecule has 24 heavy (non-hydrogen) atoms. The zero-order valence-corrected chi connectivity index (χ0v) is 14.6. The maximum absolute atomic E-state index is 12.9. The van der Waals surface area contributed by atoms with Gasteiger partial charge >= 0.3 is 0 Å². The molecule has 5 heteroatoms. The summed E-state index contributed by atoms with van der Waals surface area (Å²) >= 11 is 0. The van der Waals surface area contributed by atoms with E-state index in [-0.39, 0.29) is 5.92 Å². The molecule has 0 aliphatic carbocycles. The van der Waals surface area contributed by atoms with Gasteiger partial charge in [0.05, 0.1) is 13.2 Å². The molecule has 2 aliphatic rings. The molecule has 1 aromatic rings. The minimum Gasteiger partial charge on any atom is -0.493 e. The van der Waals surface area contributed by atoms with Crippen molar-refractivity contribution in [1.82, 2.24) is 9.80 Å². The van der Waals surface area contributed by atoms with Crippen LogP contribution < -0.4 is 4.74 Å². The predicted octanol–water partition coefficient (Wildman–Crippen LogP) is 1.81. The van der Waals surface area contributed by atoms with Gasteiger partial charge in [0.15, 0.2) is 0 Å². The molecule has 132 valence electrons. The van der Waals surface area contributed by atoms with E-state index < -0.39 is 0 Å². The Morgan fingerprint density at radius 3 is 2.83 bits per heavy atom. The van der Waals surface area contributed by atoms with Crippen molar-refractivity contribution in [2.45, 2.75) is 19.8 Å². The van der Waals surface area contributed by atoms with E-state index >= 15 is 0 Å². The Morgan fingerprint density at radius 2 is 2.04 bits per heavy atom. The average Bonchev–Trinajstić information content (AvgIpc) is 2.84. The van der Waals surface area contributed by atoms with Gasteiger partial charge in [0.1, 0.15) is 5.75 Å². The summed E-state index contributed by atoms with van der Waals surface area (Å²) in [6, 6.07) is 8.08. The number of amides is 1. The first kappa shape index (κ1) is 17.2. The highest BCUT2D eigenvalue weighted by Gasteiger charge is 2.29. The lowest BCUT2D eigenvalue weighted by atomic mass is 9.95. The van der Waals surface area contributed by atoms with Crippen molar-refractivity contribution in [3.8, 4) is 5.75 Å². The molecule has 0 N–H and O–H groups in total. The van der Waals surface area contributed by atoms with Crippen molar-refractivity contribution in [1.29, 1.82) is 0 Å². The van der Waals surface area contributed by atoms with Crippen LogP contribution in [-0.4, -0.2) is 68.3 Å². The molecule has 1 saturated heterocycles. The van der Waals surface area contributed by atoms with Gasteiger partial charge in [0, 0.05) is 45.2 Å². The molecule has 0 saturated carbocycles. The van der Waals surface area contributed by atoms with E-state index in [0.717, 1.165) is 70.1 Å². The van der Waals surface area contributed by atoms with Crippen LogP contribution in [0.1, 0.15) is 18.9 Å². The van der Waals surface area contributed by atoms with E-state index in [1.807, 2.05) is 30.0 Å². The first-order valence-electron chi connectivity index (χ1n) is 9.07.